The van der Waals surface area contributed by atoms with Crippen molar-refractivity contribution in [2.45, 2.75) is 13.0 Å². The summed E-state index contributed by atoms with van der Waals surface area (Å²) in [5.74, 6) is 1.23. The number of anilines is 1. The predicted molar refractivity (Wildman–Crippen MR) is 142 cm³/mol. The summed E-state index contributed by atoms with van der Waals surface area (Å²) in [4.78, 5) is 29.1. The van der Waals surface area contributed by atoms with E-state index in [4.69, 9.17) is 30.2 Å². The van der Waals surface area contributed by atoms with Crippen molar-refractivity contribution in [3.8, 4) is 17.2 Å². The van der Waals surface area contributed by atoms with Gasteiger partial charge in [-0.25, -0.2) is 0 Å². The molecule has 0 bridgehead atoms. The Morgan fingerprint density at radius 1 is 1.03 bits per heavy atom. The van der Waals surface area contributed by atoms with Gasteiger partial charge < -0.3 is 18.6 Å². The average molecular weight is 518 g/mol. The molecule has 0 N–H and O–H groups in total. The van der Waals surface area contributed by atoms with E-state index in [9.17, 15) is 9.59 Å². The Hall–Kier alpha value is -4.23. The molecule has 1 amide bonds. The Bertz CT molecular complexity index is 1560. The third-order valence-corrected chi connectivity index (χ3v) is 6.36. The number of ether oxygens (including phenoxy) is 3. The number of hydrogen-bond donors (Lipinski definition) is 0. The summed E-state index contributed by atoms with van der Waals surface area (Å²) in [6.45, 7) is 6.26. The molecule has 3 aromatic carbocycles. The minimum Gasteiger partial charge on any atom is -0.497 e. The topological polar surface area (TPSA) is 78.2 Å². The van der Waals surface area contributed by atoms with Gasteiger partial charge in [0.15, 0.2) is 16.9 Å². The fourth-order valence-electron chi connectivity index (χ4n) is 4.50. The van der Waals surface area contributed by atoms with Crippen LogP contribution in [-0.4, -0.2) is 26.2 Å². The van der Waals surface area contributed by atoms with Gasteiger partial charge in [-0.2, -0.15) is 0 Å². The molecule has 0 fully saturated rings. The van der Waals surface area contributed by atoms with E-state index < -0.39 is 11.9 Å². The van der Waals surface area contributed by atoms with Gasteiger partial charge in [0.2, 0.25) is 5.76 Å². The van der Waals surface area contributed by atoms with Gasteiger partial charge in [-0.1, -0.05) is 30.3 Å². The van der Waals surface area contributed by atoms with Gasteiger partial charge in [0.1, 0.15) is 17.9 Å². The quantitative estimate of drug-likeness (QED) is 0.260. The van der Waals surface area contributed by atoms with Crippen molar-refractivity contribution in [3.05, 3.63) is 105 Å². The molecule has 0 saturated heterocycles. The molecule has 1 aromatic heterocycles. The summed E-state index contributed by atoms with van der Waals surface area (Å²) >= 11 is 6.18. The first-order valence-corrected chi connectivity index (χ1v) is 12.1. The van der Waals surface area contributed by atoms with Crippen LogP contribution >= 0.6 is 11.6 Å². The molecule has 5 rings (SSSR count). The SMILES string of the molecule is C=CCOc1ccc(C2c3c(oc4ccc(Cl)cc4c3=O)C(=O)N2c2ccc(OC)cc2)cc1OCC. The standard InChI is InChI=1S/C29H24ClNO6/c1-4-14-36-23-12-6-17(15-24(23)35-5-2)26-25-27(32)21-16-18(30)7-13-22(21)37-28(25)29(33)31(26)19-8-10-20(34-3)11-9-19/h4,6-13,15-16,26H,1,5,14H2,2-3H3. The second-order valence-electron chi connectivity index (χ2n) is 8.33. The van der Waals surface area contributed by atoms with Gasteiger partial charge in [0.25, 0.3) is 5.91 Å². The Labute approximate surface area is 218 Å². The molecule has 8 heteroatoms. The highest BCUT2D eigenvalue weighted by atomic mass is 35.5. The maximum Gasteiger partial charge on any atom is 0.295 e. The fourth-order valence-corrected chi connectivity index (χ4v) is 4.67. The van der Waals surface area contributed by atoms with Gasteiger partial charge in [0.05, 0.1) is 30.7 Å². The first-order chi connectivity index (χ1) is 18.0. The van der Waals surface area contributed by atoms with Crippen molar-refractivity contribution < 1.29 is 23.4 Å². The zero-order chi connectivity index (χ0) is 26.1. The highest BCUT2D eigenvalue weighted by Gasteiger charge is 2.44. The van der Waals surface area contributed by atoms with Crippen LogP contribution in [0, 0.1) is 0 Å². The highest BCUT2D eigenvalue weighted by molar-refractivity contribution is 6.31. The lowest BCUT2D eigenvalue weighted by Crippen LogP contribution is -2.29. The van der Waals surface area contributed by atoms with E-state index in [0.29, 0.717) is 57.7 Å². The summed E-state index contributed by atoms with van der Waals surface area (Å²) in [6, 6.07) is 16.4. The summed E-state index contributed by atoms with van der Waals surface area (Å²) in [6.07, 6.45) is 1.64. The van der Waals surface area contributed by atoms with Crippen LogP contribution in [0.25, 0.3) is 11.0 Å². The van der Waals surface area contributed by atoms with E-state index in [2.05, 4.69) is 6.58 Å². The fraction of sp³-hybridized carbons (Fsp3) is 0.172. The Morgan fingerprint density at radius 3 is 2.51 bits per heavy atom. The van der Waals surface area contributed by atoms with Crippen LogP contribution in [0.1, 0.15) is 34.6 Å². The van der Waals surface area contributed by atoms with Crippen LogP contribution < -0.4 is 24.5 Å². The molecule has 1 aliphatic heterocycles. The number of halogens is 1. The maximum atomic E-state index is 13.8. The number of benzene rings is 3. The molecule has 0 aliphatic carbocycles. The minimum atomic E-state index is -0.775. The lowest BCUT2D eigenvalue weighted by molar-refractivity contribution is 0.0971. The molecule has 1 unspecified atom stereocenters. The molecule has 188 valence electrons. The second kappa shape index (κ2) is 10.0. The van der Waals surface area contributed by atoms with E-state index in [1.807, 2.05) is 13.0 Å². The van der Waals surface area contributed by atoms with E-state index in [0.717, 1.165) is 0 Å². The van der Waals surface area contributed by atoms with Crippen LogP contribution in [0.5, 0.6) is 17.2 Å². The van der Waals surface area contributed by atoms with Crippen molar-refractivity contribution >= 4 is 34.2 Å². The van der Waals surface area contributed by atoms with E-state index in [1.54, 1.807) is 72.7 Å². The number of rotatable bonds is 8. The van der Waals surface area contributed by atoms with Gasteiger partial charge in [-0.15, -0.1) is 0 Å². The van der Waals surface area contributed by atoms with Crippen molar-refractivity contribution in [1.82, 2.24) is 0 Å². The smallest absolute Gasteiger partial charge is 0.295 e. The number of hydrogen-bond acceptors (Lipinski definition) is 6. The third-order valence-electron chi connectivity index (χ3n) is 6.12. The molecule has 2 heterocycles. The summed E-state index contributed by atoms with van der Waals surface area (Å²) in [7, 11) is 1.57. The van der Waals surface area contributed by atoms with Gasteiger partial charge in [0, 0.05) is 10.7 Å². The zero-order valence-electron chi connectivity index (χ0n) is 20.3. The van der Waals surface area contributed by atoms with Crippen LogP contribution in [0.2, 0.25) is 5.02 Å². The molecular weight excluding hydrogens is 494 g/mol. The molecule has 1 atom stereocenters. The number of amides is 1. The number of carbonyl (C=O) groups excluding carboxylic acids is 1. The number of methoxy groups -OCH3 is 1. The first-order valence-electron chi connectivity index (χ1n) is 11.7. The van der Waals surface area contributed by atoms with Gasteiger partial charge >= 0.3 is 0 Å². The Morgan fingerprint density at radius 2 is 1.81 bits per heavy atom. The van der Waals surface area contributed by atoms with E-state index >= 15 is 0 Å². The van der Waals surface area contributed by atoms with E-state index in [1.165, 1.54) is 0 Å². The molecule has 7 nitrogen and oxygen atoms in total. The van der Waals surface area contributed by atoms with Crippen LogP contribution in [0.4, 0.5) is 5.69 Å². The second-order valence-corrected chi connectivity index (χ2v) is 8.77. The molecule has 4 aromatic rings. The molecular formula is C29H24ClNO6. The zero-order valence-corrected chi connectivity index (χ0v) is 21.1. The van der Waals surface area contributed by atoms with Crippen LogP contribution in [-0.2, 0) is 0 Å². The largest absolute Gasteiger partial charge is 0.497 e. The first kappa shape index (κ1) is 24.5. The monoisotopic (exact) mass is 517 g/mol. The molecule has 37 heavy (non-hydrogen) atoms. The lowest BCUT2D eigenvalue weighted by atomic mass is 9.97. The highest BCUT2D eigenvalue weighted by Crippen LogP contribution is 2.43. The normalized spacial score (nSPS) is 14.5. The molecule has 0 saturated carbocycles. The predicted octanol–water partition coefficient (Wildman–Crippen LogP) is 6.17. The van der Waals surface area contributed by atoms with Crippen molar-refractivity contribution in [1.29, 1.82) is 0 Å². The summed E-state index contributed by atoms with van der Waals surface area (Å²) in [5, 5.41) is 0.701. The molecule has 1 aliphatic rings. The van der Waals surface area contributed by atoms with Gasteiger partial charge in [-0.05, 0) is 67.1 Å². The van der Waals surface area contributed by atoms with Crippen molar-refractivity contribution in [3.63, 3.8) is 0 Å². The van der Waals surface area contributed by atoms with Gasteiger partial charge in [-0.3, -0.25) is 14.5 Å². The Kier molecular flexibility index (Phi) is 6.63. The maximum absolute atomic E-state index is 13.8. The summed E-state index contributed by atoms with van der Waals surface area (Å²) in [5.41, 5.74) is 1.44. The van der Waals surface area contributed by atoms with Crippen LogP contribution in [0.3, 0.4) is 0 Å². The minimum absolute atomic E-state index is 0.00872. The van der Waals surface area contributed by atoms with E-state index in [-0.39, 0.29) is 16.8 Å². The number of nitrogens with zero attached hydrogens (tertiary/aromatic N) is 1. The van der Waals surface area contributed by atoms with Crippen molar-refractivity contribution in [2.75, 3.05) is 25.2 Å². The van der Waals surface area contributed by atoms with Crippen LogP contribution in [0.15, 0.2) is 82.5 Å². The van der Waals surface area contributed by atoms with Crippen molar-refractivity contribution in [2.24, 2.45) is 0 Å². The summed E-state index contributed by atoms with van der Waals surface area (Å²) < 4.78 is 22.9. The Balaban J connectivity index is 1.74. The number of fused-ring (bicyclic) bond motifs is 2. The number of carbonyl (C=O) groups is 1. The molecule has 0 spiro atoms. The molecule has 0 radical (unpaired) electrons. The average Bonchev–Trinajstić information content (AvgIpc) is 3.21. The third kappa shape index (κ3) is 4.32. The lowest BCUT2D eigenvalue weighted by Gasteiger charge is -2.26.